The van der Waals surface area contributed by atoms with Gasteiger partial charge in [-0.05, 0) is 209 Å². The number of carbonyl (C=O) groups excluding carboxylic acids is 3. The molecule has 56 heavy (non-hydrogen) atoms. The van der Waals surface area contributed by atoms with Crippen molar-refractivity contribution in [1.82, 2.24) is 0 Å². The van der Waals surface area contributed by atoms with E-state index in [9.17, 15) is 14.4 Å². The standard InChI is InChI=1S/C26H40O2.C25H41O2P/c1-16-10-12-25(4)19(14-16)15-23(28)24-21-9-8-20(17(2)6-7-18(3)27)26(21,5)13-11-22(24)25;1-16-11-13-24(3)18(15-16)6-7-19-21-9-8-20(17(2)5-10-23(26)27-28)25(21,4)14-12-22(19)24/h15-17,20-22,24H,6-14H2,1-5H3;6,16-17,19-22H,5,7-15,28H2,1-4H3/t16-,17-,20-,21?,22?,24?,25+,26-;16-,17-,19?,20-,21?,22?,24+,25-/m11/s1. The highest BCUT2D eigenvalue weighted by molar-refractivity contribution is 7.10. The van der Waals surface area contributed by atoms with Crippen molar-refractivity contribution in [3.8, 4) is 0 Å². The summed E-state index contributed by atoms with van der Waals surface area (Å²) in [7, 11) is 2.10. The van der Waals surface area contributed by atoms with Crippen molar-refractivity contribution < 1.29 is 18.9 Å². The number of Topliss-reactive ketones (excluding diaryl/α,β-unsaturated/α-hetero) is 1. The van der Waals surface area contributed by atoms with Crippen molar-refractivity contribution in [3.05, 3.63) is 23.3 Å². The number of carbonyl (C=O) groups is 3. The van der Waals surface area contributed by atoms with Crippen molar-refractivity contribution >= 4 is 27.0 Å². The number of hydrogen-bond acceptors (Lipinski definition) is 4. The Bertz CT molecular complexity index is 1560. The average molecular weight is 789 g/mol. The third-order valence-corrected chi connectivity index (χ3v) is 20.2. The minimum atomic E-state index is -0.0790. The average Bonchev–Trinajstić information content (AvgIpc) is 3.71. The summed E-state index contributed by atoms with van der Waals surface area (Å²) in [5.74, 6) is 9.05. The Morgan fingerprint density at radius 2 is 1.25 bits per heavy atom. The summed E-state index contributed by atoms with van der Waals surface area (Å²) >= 11 is 0. The van der Waals surface area contributed by atoms with Crippen LogP contribution in [-0.4, -0.2) is 17.5 Å². The molecule has 0 aromatic rings. The molecule has 6 fully saturated rings. The second-order valence-corrected chi connectivity index (χ2v) is 23.1. The lowest BCUT2D eigenvalue weighted by Gasteiger charge is -2.58. The maximum absolute atomic E-state index is 13.4. The molecular weight excluding hydrogens is 708 g/mol. The molecule has 17 atom stereocenters. The molecule has 0 N–H and O–H groups in total. The predicted octanol–water partition coefficient (Wildman–Crippen LogP) is 13.3. The molecule has 0 heterocycles. The number of fused-ring (bicyclic) bond motifs is 10. The smallest absolute Gasteiger partial charge is 0.307 e. The van der Waals surface area contributed by atoms with Crippen LogP contribution in [0.25, 0.3) is 0 Å². The zero-order chi connectivity index (χ0) is 40.4. The van der Waals surface area contributed by atoms with Crippen LogP contribution in [0.15, 0.2) is 23.3 Å². The van der Waals surface area contributed by atoms with Crippen LogP contribution in [0.1, 0.15) is 184 Å². The first-order chi connectivity index (χ1) is 26.5. The van der Waals surface area contributed by atoms with Gasteiger partial charge in [0.25, 0.3) is 0 Å². The number of rotatable bonds is 8. The van der Waals surface area contributed by atoms with Crippen molar-refractivity contribution in [2.45, 2.75) is 184 Å². The Hall–Kier alpha value is -1.28. The molecule has 0 spiro atoms. The molecule has 0 aromatic heterocycles. The second kappa shape index (κ2) is 16.3. The van der Waals surface area contributed by atoms with Crippen LogP contribution in [0.5, 0.6) is 0 Å². The number of hydrogen-bond donors (Lipinski definition) is 0. The molecule has 0 radical (unpaired) electrons. The summed E-state index contributed by atoms with van der Waals surface area (Å²) in [5, 5.41) is 0. The van der Waals surface area contributed by atoms with Gasteiger partial charge in [-0.1, -0.05) is 72.6 Å². The number of allylic oxidation sites excluding steroid dienone is 4. The fraction of sp³-hybridized carbons (Fsp3) is 0.863. The quantitative estimate of drug-likeness (QED) is 0.182. The van der Waals surface area contributed by atoms with Crippen LogP contribution in [0.2, 0.25) is 0 Å². The van der Waals surface area contributed by atoms with Crippen molar-refractivity contribution in [2.75, 3.05) is 0 Å². The lowest BCUT2D eigenvalue weighted by atomic mass is 9.46. The van der Waals surface area contributed by atoms with E-state index >= 15 is 0 Å². The van der Waals surface area contributed by atoms with E-state index in [0.29, 0.717) is 64.8 Å². The van der Waals surface area contributed by atoms with Crippen LogP contribution in [0, 0.1) is 92.7 Å². The molecule has 0 aliphatic heterocycles. The molecular formula is C51H81O4P. The largest absolute Gasteiger partial charge is 0.452 e. The fourth-order valence-electron chi connectivity index (χ4n) is 16.6. The van der Waals surface area contributed by atoms with Crippen LogP contribution < -0.4 is 0 Å². The molecule has 6 saturated carbocycles. The molecule has 0 bridgehead atoms. The Morgan fingerprint density at radius 1 is 0.714 bits per heavy atom. The minimum Gasteiger partial charge on any atom is -0.452 e. The van der Waals surface area contributed by atoms with Crippen LogP contribution in [0.3, 0.4) is 0 Å². The molecule has 4 nitrogen and oxygen atoms in total. The predicted molar refractivity (Wildman–Crippen MR) is 232 cm³/mol. The Morgan fingerprint density at radius 3 is 1.86 bits per heavy atom. The molecule has 5 heteroatoms. The van der Waals surface area contributed by atoms with E-state index in [0.717, 1.165) is 54.8 Å². The van der Waals surface area contributed by atoms with E-state index < -0.39 is 0 Å². The van der Waals surface area contributed by atoms with Gasteiger partial charge in [0.05, 0.1) is 9.47 Å². The van der Waals surface area contributed by atoms with Crippen molar-refractivity contribution in [1.29, 1.82) is 0 Å². The lowest BCUT2D eigenvalue weighted by molar-refractivity contribution is -0.135. The molecule has 8 aliphatic carbocycles. The molecule has 8 aliphatic rings. The van der Waals surface area contributed by atoms with E-state index in [-0.39, 0.29) is 22.7 Å². The summed E-state index contributed by atoms with van der Waals surface area (Å²) in [6.45, 7) is 21.5. The molecule has 7 unspecified atom stereocenters. The van der Waals surface area contributed by atoms with Crippen molar-refractivity contribution in [3.63, 3.8) is 0 Å². The maximum Gasteiger partial charge on any atom is 0.307 e. The highest BCUT2D eigenvalue weighted by Gasteiger charge is 2.62. The van der Waals surface area contributed by atoms with Gasteiger partial charge < -0.3 is 9.32 Å². The highest BCUT2D eigenvalue weighted by atomic mass is 31.0. The third kappa shape index (κ3) is 7.44. The Kier molecular flexibility index (Phi) is 12.5. The van der Waals surface area contributed by atoms with Gasteiger partial charge in [0.15, 0.2) is 5.78 Å². The van der Waals surface area contributed by atoms with Gasteiger partial charge in [-0.15, -0.1) is 0 Å². The molecule has 0 amide bonds. The van der Waals surface area contributed by atoms with Gasteiger partial charge in [-0.25, -0.2) is 0 Å². The first-order valence-corrected chi connectivity index (χ1v) is 24.3. The first-order valence-electron chi connectivity index (χ1n) is 23.8. The summed E-state index contributed by atoms with van der Waals surface area (Å²) < 4.78 is 4.81. The van der Waals surface area contributed by atoms with Crippen LogP contribution in [-0.2, 0) is 18.9 Å². The van der Waals surface area contributed by atoms with Crippen molar-refractivity contribution in [2.24, 2.45) is 92.7 Å². The van der Waals surface area contributed by atoms with Gasteiger partial charge in [-0.3, -0.25) is 9.59 Å². The van der Waals surface area contributed by atoms with E-state index in [2.05, 4.69) is 77.0 Å². The molecule has 0 aromatic carbocycles. The zero-order valence-corrected chi connectivity index (χ0v) is 38.4. The fourth-order valence-corrected chi connectivity index (χ4v) is 16.7. The zero-order valence-electron chi connectivity index (χ0n) is 37.2. The van der Waals surface area contributed by atoms with Gasteiger partial charge in [-0.2, -0.15) is 0 Å². The van der Waals surface area contributed by atoms with E-state index in [4.69, 9.17) is 4.52 Å². The summed E-state index contributed by atoms with van der Waals surface area (Å²) in [4.78, 5) is 36.5. The van der Waals surface area contributed by atoms with E-state index in [1.807, 2.05) is 5.57 Å². The Balaban J connectivity index is 0.000000172. The summed E-state index contributed by atoms with van der Waals surface area (Å²) in [6, 6.07) is 0. The minimum absolute atomic E-state index is 0.0790. The summed E-state index contributed by atoms with van der Waals surface area (Å²) in [5.41, 5.74) is 4.82. The second-order valence-electron chi connectivity index (χ2n) is 22.9. The highest BCUT2D eigenvalue weighted by Crippen LogP contribution is 2.69. The topological polar surface area (TPSA) is 60.4 Å². The van der Waals surface area contributed by atoms with E-state index in [1.165, 1.54) is 95.5 Å². The monoisotopic (exact) mass is 789 g/mol. The normalized spacial score (nSPS) is 46.1. The van der Waals surface area contributed by atoms with E-state index in [1.54, 1.807) is 6.92 Å². The molecule has 0 saturated heterocycles. The third-order valence-electron chi connectivity index (χ3n) is 20.0. The molecule has 314 valence electrons. The van der Waals surface area contributed by atoms with Gasteiger partial charge in [0, 0.05) is 18.8 Å². The summed E-state index contributed by atoms with van der Waals surface area (Å²) in [6.07, 6.45) is 27.9. The van der Waals surface area contributed by atoms with Gasteiger partial charge in [0.2, 0.25) is 0 Å². The first kappa shape index (κ1) is 42.8. The Labute approximate surface area is 345 Å². The number of ketones is 2. The van der Waals surface area contributed by atoms with Gasteiger partial charge in [0.1, 0.15) is 5.78 Å². The van der Waals surface area contributed by atoms with Crippen LogP contribution >= 0.6 is 9.47 Å². The van der Waals surface area contributed by atoms with Crippen LogP contribution in [0.4, 0.5) is 0 Å². The van der Waals surface area contributed by atoms with Gasteiger partial charge >= 0.3 is 5.97 Å². The maximum atomic E-state index is 13.4. The SMILES string of the molecule is CC(=O)CC[C@@H](C)[C@H]1CCC2C3C(=O)C=C4C[C@H](C)CC[C@]4(C)C3CC[C@@]21C.C[C@@H]1CC[C@@]2(C)C(=CCC3C2CC[C@@]2(C)C3CC[C@@H]2[C@H](C)CCC(=O)OP)C1. The molecule has 8 rings (SSSR count). The lowest BCUT2D eigenvalue weighted by Crippen LogP contribution is -2.53.